The van der Waals surface area contributed by atoms with Crippen molar-refractivity contribution < 1.29 is 22.5 Å². The number of piperidine rings is 1. The summed E-state index contributed by atoms with van der Waals surface area (Å²) in [6.45, 7) is 4.76. The van der Waals surface area contributed by atoms with Crippen LogP contribution in [-0.4, -0.2) is 51.5 Å². The number of carbonyl (C=O) groups is 1. The number of nitrogens with zero attached hydrogens (tertiary/aromatic N) is 4. The van der Waals surface area contributed by atoms with E-state index in [1.54, 1.807) is 0 Å². The molecule has 0 radical (unpaired) electrons. The Bertz CT molecular complexity index is 1080. The van der Waals surface area contributed by atoms with Gasteiger partial charge in [0.05, 0.1) is 12.1 Å². The summed E-state index contributed by atoms with van der Waals surface area (Å²) in [5.74, 6) is 0.744. The van der Waals surface area contributed by atoms with Gasteiger partial charge in [-0.15, -0.1) is 0 Å². The Balaban J connectivity index is 1.38. The van der Waals surface area contributed by atoms with Crippen molar-refractivity contribution in [3.63, 3.8) is 0 Å². The zero-order valence-electron chi connectivity index (χ0n) is 19.0. The Morgan fingerprint density at radius 2 is 1.76 bits per heavy atom. The summed E-state index contributed by atoms with van der Waals surface area (Å²) in [6, 6.07) is 14.3. The predicted octanol–water partition coefficient (Wildman–Crippen LogP) is 5.27. The second-order valence-corrected chi connectivity index (χ2v) is 8.45. The molecule has 0 N–H and O–H groups in total. The van der Waals surface area contributed by atoms with E-state index >= 15 is 0 Å². The van der Waals surface area contributed by atoms with Gasteiger partial charge in [-0.25, -0.2) is 0 Å². The molecule has 34 heavy (non-hydrogen) atoms. The Morgan fingerprint density at radius 1 is 1.09 bits per heavy atom. The van der Waals surface area contributed by atoms with E-state index in [4.69, 9.17) is 4.52 Å². The Morgan fingerprint density at radius 3 is 2.38 bits per heavy atom. The fourth-order valence-electron chi connectivity index (χ4n) is 4.29. The summed E-state index contributed by atoms with van der Waals surface area (Å²) in [7, 11) is 0. The van der Waals surface area contributed by atoms with Crippen LogP contribution in [0.25, 0.3) is 11.4 Å². The summed E-state index contributed by atoms with van der Waals surface area (Å²) >= 11 is 0. The summed E-state index contributed by atoms with van der Waals surface area (Å²) in [5.41, 5.74) is 0.456. The molecule has 6 nitrogen and oxygen atoms in total. The van der Waals surface area contributed by atoms with Crippen LogP contribution in [0.15, 0.2) is 59.1 Å². The maximum absolute atomic E-state index is 12.8. The highest BCUT2D eigenvalue weighted by atomic mass is 19.4. The molecule has 1 aromatic heterocycles. The van der Waals surface area contributed by atoms with Crippen molar-refractivity contribution in [2.45, 2.75) is 44.9 Å². The predicted molar refractivity (Wildman–Crippen MR) is 121 cm³/mol. The van der Waals surface area contributed by atoms with Crippen molar-refractivity contribution in [2.75, 3.05) is 19.6 Å². The van der Waals surface area contributed by atoms with Gasteiger partial charge in [0.15, 0.2) is 0 Å². The maximum Gasteiger partial charge on any atom is 0.416 e. The van der Waals surface area contributed by atoms with Gasteiger partial charge < -0.3 is 9.42 Å². The van der Waals surface area contributed by atoms with Crippen LogP contribution < -0.4 is 0 Å². The first-order chi connectivity index (χ1) is 16.3. The van der Waals surface area contributed by atoms with Gasteiger partial charge in [0.25, 0.3) is 5.91 Å². The van der Waals surface area contributed by atoms with Crippen LogP contribution in [0, 0.1) is 0 Å². The van der Waals surface area contributed by atoms with Crippen LogP contribution in [0.1, 0.15) is 48.0 Å². The lowest BCUT2D eigenvalue weighted by Crippen LogP contribution is -2.46. The van der Waals surface area contributed by atoms with E-state index in [2.05, 4.69) is 22.0 Å². The third-order valence-corrected chi connectivity index (χ3v) is 6.08. The second kappa shape index (κ2) is 10.4. The number of rotatable bonds is 7. The highest BCUT2D eigenvalue weighted by molar-refractivity contribution is 5.94. The normalized spacial score (nSPS) is 15.1. The van der Waals surface area contributed by atoms with Crippen LogP contribution in [0.4, 0.5) is 13.2 Å². The molecule has 1 amide bonds. The van der Waals surface area contributed by atoms with E-state index in [1.807, 2.05) is 35.2 Å². The van der Waals surface area contributed by atoms with Crippen molar-refractivity contribution >= 4 is 5.91 Å². The summed E-state index contributed by atoms with van der Waals surface area (Å²) in [6.07, 6.45) is -1.75. The standard InChI is InChI=1S/C25H27F3N4O2/c1-2-14-32(21-12-15-31(16-13-21)24(33)19-6-4-3-5-7-19)17-22-29-23(30-34-22)18-8-10-20(11-9-18)25(26,27)28/h3-11,21H,2,12-17H2,1H3. The van der Waals surface area contributed by atoms with Gasteiger partial charge in [0, 0.05) is 30.3 Å². The molecule has 0 unspecified atom stereocenters. The molecule has 9 heteroatoms. The van der Waals surface area contributed by atoms with E-state index in [0.29, 0.717) is 36.7 Å². The molecule has 4 rings (SSSR count). The first-order valence-corrected chi connectivity index (χ1v) is 11.4. The molecule has 1 fully saturated rings. The van der Waals surface area contributed by atoms with Gasteiger partial charge in [-0.2, -0.15) is 18.2 Å². The Kier molecular flexibility index (Phi) is 7.31. The Hall–Kier alpha value is -3.20. The zero-order valence-corrected chi connectivity index (χ0v) is 19.0. The number of alkyl halides is 3. The number of carbonyl (C=O) groups excluding carboxylic acids is 1. The third-order valence-electron chi connectivity index (χ3n) is 6.08. The molecule has 1 saturated heterocycles. The van der Waals surface area contributed by atoms with E-state index in [0.717, 1.165) is 37.9 Å². The minimum atomic E-state index is -4.39. The van der Waals surface area contributed by atoms with Crippen molar-refractivity contribution in [2.24, 2.45) is 0 Å². The fraction of sp³-hybridized carbons (Fsp3) is 0.400. The average molecular weight is 473 g/mol. The summed E-state index contributed by atoms with van der Waals surface area (Å²) in [5, 5.41) is 3.96. The highest BCUT2D eigenvalue weighted by Gasteiger charge is 2.30. The first kappa shape index (κ1) is 23.9. The quantitative estimate of drug-likeness (QED) is 0.469. The van der Waals surface area contributed by atoms with Crippen LogP contribution in [0.3, 0.4) is 0 Å². The van der Waals surface area contributed by atoms with Crippen molar-refractivity contribution in [1.29, 1.82) is 0 Å². The average Bonchev–Trinajstić information content (AvgIpc) is 3.32. The molecule has 1 aliphatic heterocycles. The number of hydrogen-bond acceptors (Lipinski definition) is 5. The van der Waals surface area contributed by atoms with Crippen molar-refractivity contribution in [1.82, 2.24) is 19.9 Å². The van der Waals surface area contributed by atoms with Gasteiger partial charge in [0.2, 0.25) is 11.7 Å². The number of amides is 1. The topological polar surface area (TPSA) is 62.5 Å². The lowest BCUT2D eigenvalue weighted by molar-refractivity contribution is -0.137. The SMILES string of the molecule is CCCN(Cc1nc(-c2ccc(C(F)(F)F)cc2)no1)C1CCN(C(=O)c2ccccc2)CC1. The van der Waals surface area contributed by atoms with E-state index in [9.17, 15) is 18.0 Å². The number of hydrogen-bond donors (Lipinski definition) is 0. The minimum Gasteiger partial charge on any atom is -0.339 e. The van der Waals surface area contributed by atoms with Crippen LogP contribution in [-0.2, 0) is 12.7 Å². The smallest absolute Gasteiger partial charge is 0.339 e. The molecule has 0 spiro atoms. The number of halogens is 3. The van der Waals surface area contributed by atoms with Crippen LogP contribution >= 0.6 is 0 Å². The lowest BCUT2D eigenvalue weighted by Gasteiger charge is -2.38. The molecular weight excluding hydrogens is 445 g/mol. The van der Waals surface area contributed by atoms with E-state index in [1.165, 1.54) is 12.1 Å². The monoisotopic (exact) mass is 472 g/mol. The second-order valence-electron chi connectivity index (χ2n) is 8.45. The van der Waals surface area contributed by atoms with Gasteiger partial charge in [0.1, 0.15) is 0 Å². The molecule has 1 aliphatic rings. The molecule has 2 heterocycles. The molecule has 0 saturated carbocycles. The largest absolute Gasteiger partial charge is 0.416 e. The van der Waals surface area contributed by atoms with Gasteiger partial charge in [-0.3, -0.25) is 9.69 Å². The summed E-state index contributed by atoms with van der Waals surface area (Å²) < 4.78 is 43.8. The van der Waals surface area contributed by atoms with Gasteiger partial charge in [-0.1, -0.05) is 42.4 Å². The van der Waals surface area contributed by atoms with Gasteiger partial charge in [-0.05, 0) is 50.1 Å². The van der Waals surface area contributed by atoms with Crippen molar-refractivity contribution in [3.8, 4) is 11.4 Å². The van der Waals surface area contributed by atoms with Crippen LogP contribution in [0.5, 0.6) is 0 Å². The Labute approximate surface area is 196 Å². The fourth-order valence-corrected chi connectivity index (χ4v) is 4.29. The number of benzene rings is 2. The molecule has 0 aliphatic carbocycles. The van der Waals surface area contributed by atoms with Gasteiger partial charge >= 0.3 is 6.18 Å². The summed E-state index contributed by atoms with van der Waals surface area (Å²) in [4.78, 5) is 21.3. The van der Waals surface area contributed by atoms with Crippen molar-refractivity contribution in [3.05, 3.63) is 71.6 Å². The maximum atomic E-state index is 12.8. The molecule has 2 aromatic carbocycles. The highest BCUT2D eigenvalue weighted by Crippen LogP contribution is 2.30. The third kappa shape index (κ3) is 5.64. The van der Waals surface area contributed by atoms with E-state index < -0.39 is 11.7 Å². The zero-order chi connectivity index (χ0) is 24.1. The molecule has 0 bridgehead atoms. The van der Waals surface area contributed by atoms with E-state index in [-0.39, 0.29) is 17.8 Å². The molecule has 3 aromatic rings. The van der Waals surface area contributed by atoms with Crippen LogP contribution in [0.2, 0.25) is 0 Å². The number of likely N-dealkylation sites (tertiary alicyclic amines) is 1. The lowest BCUT2D eigenvalue weighted by atomic mass is 10.0. The number of aromatic nitrogens is 2. The molecule has 0 atom stereocenters. The molecule has 180 valence electrons. The first-order valence-electron chi connectivity index (χ1n) is 11.4. The minimum absolute atomic E-state index is 0.0548. The molecular formula is C25H27F3N4O2.